The highest BCUT2D eigenvalue weighted by atomic mass is 32.1. The largest absolute Gasteiger partial charge is 0.510 e. The van der Waals surface area contributed by atoms with Crippen molar-refractivity contribution >= 4 is 39.2 Å². The number of amidine groups is 1. The number of aliphatic hydroxyl groups excluding tert-OH is 1. The number of nitrogens with one attached hydrogen (secondary N) is 1. The standard InChI is InChI=1S/C19H17N3OS/c1-11-12(2)24-19(21-11)17-16(23)10-22(18(17)20)15-9-5-7-13-6-3-4-8-14(13)15/h3-9,20,23H,10H2,1-2H3. The van der Waals surface area contributed by atoms with Crippen molar-refractivity contribution in [2.24, 2.45) is 0 Å². The summed E-state index contributed by atoms with van der Waals surface area (Å²) in [6.07, 6.45) is 0. The van der Waals surface area contributed by atoms with Crippen molar-refractivity contribution in [2.45, 2.75) is 13.8 Å². The number of benzene rings is 2. The molecule has 24 heavy (non-hydrogen) atoms. The van der Waals surface area contributed by atoms with E-state index in [0.717, 1.165) is 32.0 Å². The summed E-state index contributed by atoms with van der Waals surface area (Å²) in [5.74, 6) is 0.513. The Bertz CT molecular complexity index is 978. The number of fused-ring (bicyclic) bond motifs is 1. The third kappa shape index (κ3) is 2.20. The van der Waals surface area contributed by atoms with Gasteiger partial charge in [-0.3, -0.25) is 5.41 Å². The third-order valence-corrected chi connectivity index (χ3v) is 5.49. The fraction of sp³-hybridized carbons (Fsp3) is 0.158. The van der Waals surface area contributed by atoms with Crippen LogP contribution in [-0.2, 0) is 0 Å². The zero-order chi connectivity index (χ0) is 16.8. The highest BCUT2D eigenvalue weighted by molar-refractivity contribution is 7.13. The van der Waals surface area contributed by atoms with Crippen LogP contribution in [0.4, 0.5) is 5.69 Å². The van der Waals surface area contributed by atoms with E-state index in [-0.39, 0.29) is 5.76 Å². The predicted molar refractivity (Wildman–Crippen MR) is 100 cm³/mol. The van der Waals surface area contributed by atoms with Crippen LogP contribution in [0.2, 0.25) is 0 Å². The van der Waals surface area contributed by atoms with E-state index in [1.54, 1.807) is 0 Å². The summed E-state index contributed by atoms with van der Waals surface area (Å²) in [6.45, 7) is 4.27. The summed E-state index contributed by atoms with van der Waals surface area (Å²) in [6, 6.07) is 14.1. The minimum absolute atomic E-state index is 0.210. The number of aromatic nitrogens is 1. The molecule has 0 aliphatic carbocycles. The smallest absolute Gasteiger partial charge is 0.139 e. The molecule has 1 aliphatic heterocycles. The Labute approximate surface area is 144 Å². The van der Waals surface area contributed by atoms with Crippen molar-refractivity contribution in [3.63, 3.8) is 0 Å². The molecule has 0 bridgehead atoms. The second-order valence-corrected chi connectivity index (χ2v) is 7.12. The predicted octanol–water partition coefficient (Wildman–Crippen LogP) is 4.68. The molecule has 120 valence electrons. The Kier molecular flexibility index (Phi) is 3.39. The van der Waals surface area contributed by atoms with E-state index >= 15 is 0 Å². The Balaban J connectivity index is 1.79. The van der Waals surface area contributed by atoms with Crippen LogP contribution in [0.15, 0.2) is 48.2 Å². The fourth-order valence-electron chi connectivity index (χ4n) is 3.03. The molecule has 4 nitrogen and oxygen atoms in total. The van der Waals surface area contributed by atoms with Crippen LogP contribution in [0.25, 0.3) is 16.3 Å². The lowest BCUT2D eigenvalue weighted by Gasteiger charge is -2.20. The highest BCUT2D eigenvalue weighted by Gasteiger charge is 2.32. The van der Waals surface area contributed by atoms with Gasteiger partial charge >= 0.3 is 0 Å². The number of nitrogens with zero attached hydrogens (tertiary/aromatic N) is 2. The van der Waals surface area contributed by atoms with Gasteiger partial charge in [-0.2, -0.15) is 0 Å². The average molecular weight is 335 g/mol. The molecule has 1 aromatic heterocycles. The fourth-order valence-corrected chi connectivity index (χ4v) is 4.02. The highest BCUT2D eigenvalue weighted by Crippen LogP contribution is 2.36. The topological polar surface area (TPSA) is 60.2 Å². The molecule has 0 unspecified atom stereocenters. The van der Waals surface area contributed by atoms with Gasteiger partial charge in [0.15, 0.2) is 0 Å². The van der Waals surface area contributed by atoms with Crippen LogP contribution in [0.1, 0.15) is 15.6 Å². The van der Waals surface area contributed by atoms with E-state index in [9.17, 15) is 5.11 Å². The lowest BCUT2D eigenvalue weighted by molar-refractivity contribution is 0.411. The first kappa shape index (κ1) is 14.9. The zero-order valence-corrected chi connectivity index (χ0v) is 14.3. The van der Waals surface area contributed by atoms with Crippen molar-refractivity contribution < 1.29 is 5.11 Å². The van der Waals surface area contributed by atoms with Gasteiger partial charge in [0, 0.05) is 10.3 Å². The monoisotopic (exact) mass is 335 g/mol. The molecule has 2 N–H and O–H groups in total. The molecule has 0 fully saturated rings. The molecule has 0 amide bonds. The average Bonchev–Trinajstić information content (AvgIpc) is 3.05. The summed E-state index contributed by atoms with van der Waals surface area (Å²) >= 11 is 1.52. The molecule has 0 saturated carbocycles. The number of rotatable bonds is 2. The molecule has 2 aromatic carbocycles. The number of aliphatic hydroxyl groups is 1. The first-order valence-electron chi connectivity index (χ1n) is 7.77. The molecule has 3 aromatic rings. The molecule has 2 heterocycles. The van der Waals surface area contributed by atoms with E-state index < -0.39 is 0 Å². The molecule has 0 radical (unpaired) electrons. The molecule has 0 saturated heterocycles. The SMILES string of the molecule is Cc1nc(C2=C(O)CN(c3cccc4ccccc34)C2=N)sc1C. The molecule has 0 spiro atoms. The number of thiazole rings is 1. The van der Waals surface area contributed by atoms with Gasteiger partial charge < -0.3 is 10.0 Å². The molecule has 5 heteroatoms. The van der Waals surface area contributed by atoms with Gasteiger partial charge in [-0.05, 0) is 25.3 Å². The van der Waals surface area contributed by atoms with Gasteiger partial charge in [0.2, 0.25) is 0 Å². The number of hydrogen-bond donors (Lipinski definition) is 2. The number of aryl methyl sites for hydroxylation is 2. The van der Waals surface area contributed by atoms with Crippen molar-refractivity contribution in [2.75, 3.05) is 11.4 Å². The van der Waals surface area contributed by atoms with Crippen LogP contribution in [-0.4, -0.2) is 22.5 Å². The van der Waals surface area contributed by atoms with Crippen molar-refractivity contribution in [3.05, 3.63) is 63.8 Å². The third-order valence-electron chi connectivity index (χ3n) is 4.40. The van der Waals surface area contributed by atoms with Crippen molar-refractivity contribution in [1.29, 1.82) is 5.41 Å². The first-order chi connectivity index (χ1) is 11.6. The molecule has 0 atom stereocenters. The van der Waals surface area contributed by atoms with Crippen molar-refractivity contribution in [1.82, 2.24) is 4.98 Å². The summed E-state index contributed by atoms with van der Waals surface area (Å²) in [5.41, 5.74) is 2.43. The van der Waals surface area contributed by atoms with E-state index in [1.807, 2.05) is 49.1 Å². The minimum atomic E-state index is 0.210. The van der Waals surface area contributed by atoms with E-state index in [1.165, 1.54) is 11.3 Å². The second kappa shape index (κ2) is 5.46. The maximum absolute atomic E-state index is 10.5. The van der Waals surface area contributed by atoms with Gasteiger partial charge in [-0.25, -0.2) is 4.98 Å². The van der Waals surface area contributed by atoms with Crippen LogP contribution >= 0.6 is 11.3 Å². The lowest BCUT2D eigenvalue weighted by Crippen LogP contribution is -2.26. The molecular weight excluding hydrogens is 318 g/mol. The number of anilines is 1. The maximum Gasteiger partial charge on any atom is 0.139 e. The summed E-state index contributed by atoms with van der Waals surface area (Å²) in [7, 11) is 0. The Hall–Kier alpha value is -2.66. The molecular formula is C19H17N3OS. The second-order valence-electron chi connectivity index (χ2n) is 5.92. The van der Waals surface area contributed by atoms with Crippen molar-refractivity contribution in [3.8, 4) is 0 Å². The number of hydrogen-bond acceptors (Lipinski definition) is 4. The summed E-state index contributed by atoms with van der Waals surface area (Å²) in [4.78, 5) is 7.48. The summed E-state index contributed by atoms with van der Waals surface area (Å²) in [5, 5.41) is 22.0. The Morgan fingerprint density at radius 2 is 1.88 bits per heavy atom. The normalized spacial score (nSPS) is 14.9. The zero-order valence-electron chi connectivity index (χ0n) is 13.5. The first-order valence-corrected chi connectivity index (χ1v) is 8.58. The van der Waals surface area contributed by atoms with E-state index in [0.29, 0.717) is 18.0 Å². The summed E-state index contributed by atoms with van der Waals surface area (Å²) < 4.78 is 0. The molecule has 1 aliphatic rings. The maximum atomic E-state index is 10.5. The van der Waals surface area contributed by atoms with Gasteiger partial charge in [0.05, 0.1) is 23.5 Å². The van der Waals surface area contributed by atoms with Crippen LogP contribution < -0.4 is 4.90 Å². The molecule has 4 rings (SSSR count). The minimum Gasteiger partial charge on any atom is -0.510 e. The quantitative estimate of drug-likeness (QED) is 0.715. The van der Waals surface area contributed by atoms with Gasteiger partial charge in [-0.1, -0.05) is 36.4 Å². The van der Waals surface area contributed by atoms with Gasteiger partial charge in [0.25, 0.3) is 0 Å². The van der Waals surface area contributed by atoms with Gasteiger partial charge in [-0.15, -0.1) is 11.3 Å². The van der Waals surface area contributed by atoms with Crippen LogP contribution in [0.3, 0.4) is 0 Å². The lowest BCUT2D eigenvalue weighted by atomic mass is 10.1. The van der Waals surface area contributed by atoms with E-state index in [4.69, 9.17) is 5.41 Å². The van der Waals surface area contributed by atoms with Gasteiger partial charge in [0.1, 0.15) is 16.6 Å². The Morgan fingerprint density at radius 3 is 2.62 bits per heavy atom. The van der Waals surface area contributed by atoms with Crippen LogP contribution in [0, 0.1) is 19.3 Å². The van der Waals surface area contributed by atoms with E-state index in [2.05, 4.69) is 17.1 Å². The Morgan fingerprint density at radius 1 is 1.12 bits per heavy atom. The van der Waals surface area contributed by atoms with Crippen LogP contribution in [0.5, 0.6) is 0 Å².